The Kier molecular flexibility index (Phi) is 5.03. The molecule has 0 fully saturated rings. The van der Waals surface area contributed by atoms with Gasteiger partial charge in [0.2, 0.25) is 0 Å². The highest BCUT2D eigenvalue weighted by atomic mass is 32.2. The minimum atomic E-state index is -4.21. The van der Waals surface area contributed by atoms with Gasteiger partial charge in [0, 0.05) is 6.42 Å². The lowest BCUT2D eigenvalue weighted by Crippen LogP contribution is -2.32. The molecule has 0 bridgehead atoms. The molecule has 7 heteroatoms. The third kappa shape index (κ3) is 5.15. The van der Waals surface area contributed by atoms with Gasteiger partial charge in [-0.1, -0.05) is 6.92 Å². The zero-order valence-corrected chi connectivity index (χ0v) is 8.95. The Balaban J connectivity index is 4.07. The van der Waals surface area contributed by atoms with Crippen molar-refractivity contribution in [2.24, 2.45) is 11.7 Å². The van der Waals surface area contributed by atoms with Gasteiger partial charge < -0.3 is 10.5 Å². The molecule has 0 radical (unpaired) electrons. The monoisotopic (exact) mass is 225 g/mol. The Morgan fingerprint density at radius 1 is 1.57 bits per heavy atom. The van der Waals surface area contributed by atoms with Gasteiger partial charge in [-0.3, -0.25) is 9.35 Å². The topological polar surface area (TPSA) is 107 Å². The van der Waals surface area contributed by atoms with E-state index < -0.39 is 21.5 Å². The van der Waals surface area contributed by atoms with Gasteiger partial charge in [0.15, 0.2) is 0 Å². The number of carbonyl (C=O) groups excluding carboxylic acids is 1. The van der Waals surface area contributed by atoms with Gasteiger partial charge in [-0.05, 0) is 12.3 Å². The van der Waals surface area contributed by atoms with Crippen LogP contribution in [-0.2, 0) is 19.6 Å². The standard InChI is InChI=1S/C7H15NO5S/c1-5(4-7(9)13-2)3-6(8)14(10,11)12/h5-6H,3-4,8H2,1-2H3,(H,10,11,12). The van der Waals surface area contributed by atoms with Crippen molar-refractivity contribution < 1.29 is 22.5 Å². The summed E-state index contributed by atoms with van der Waals surface area (Å²) in [5, 5.41) is -1.35. The number of rotatable bonds is 5. The summed E-state index contributed by atoms with van der Waals surface area (Å²) in [6, 6.07) is 0. The highest BCUT2D eigenvalue weighted by molar-refractivity contribution is 7.86. The van der Waals surface area contributed by atoms with Crippen LogP contribution in [0.2, 0.25) is 0 Å². The Labute approximate surface area is 83.2 Å². The molecule has 2 unspecified atom stereocenters. The molecular formula is C7H15NO5S. The zero-order valence-electron chi connectivity index (χ0n) is 8.13. The second-order valence-corrected chi connectivity index (χ2v) is 4.81. The van der Waals surface area contributed by atoms with E-state index in [2.05, 4.69) is 4.74 Å². The third-order valence-electron chi connectivity index (χ3n) is 1.76. The van der Waals surface area contributed by atoms with Gasteiger partial charge in [0.25, 0.3) is 10.1 Å². The second kappa shape index (κ2) is 5.28. The number of carbonyl (C=O) groups is 1. The van der Waals surface area contributed by atoms with Crippen LogP contribution in [0, 0.1) is 5.92 Å². The molecule has 14 heavy (non-hydrogen) atoms. The summed E-state index contributed by atoms with van der Waals surface area (Å²) < 4.78 is 34.0. The lowest BCUT2D eigenvalue weighted by molar-refractivity contribution is -0.141. The second-order valence-electron chi connectivity index (χ2n) is 3.17. The Bertz CT molecular complexity index is 286. The van der Waals surface area contributed by atoms with Crippen molar-refractivity contribution in [3.8, 4) is 0 Å². The Morgan fingerprint density at radius 3 is 2.43 bits per heavy atom. The zero-order chi connectivity index (χ0) is 11.4. The lowest BCUT2D eigenvalue weighted by atomic mass is 10.0. The number of ether oxygens (including phenoxy) is 1. The molecule has 0 aromatic carbocycles. The molecule has 0 amide bonds. The van der Waals surface area contributed by atoms with E-state index in [-0.39, 0.29) is 18.8 Å². The molecule has 0 heterocycles. The number of hydrogen-bond acceptors (Lipinski definition) is 5. The van der Waals surface area contributed by atoms with Crippen molar-refractivity contribution in [1.82, 2.24) is 0 Å². The van der Waals surface area contributed by atoms with Crippen molar-refractivity contribution in [2.75, 3.05) is 7.11 Å². The van der Waals surface area contributed by atoms with Gasteiger partial charge in [-0.25, -0.2) is 0 Å². The molecule has 0 rings (SSSR count). The van der Waals surface area contributed by atoms with Crippen molar-refractivity contribution >= 4 is 16.1 Å². The summed E-state index contributed by atoms with van der Waals surface area (Å²) in [6.45, 7) is 1.65. The van der Waals surface area contributed by atoms with Crippen LogP contribution in [0.5, 0.6) is 0 Å². The van der Waals surface area contributed by atoms with Gasteiger partial charge in [0.1, 0.15) is 5.37 Å². The quantitative estimate of drug-likeness (QED) is 0.493. The summed E-state index contributed by atoms with van der Waals surface area (Å²) in [5.74, 6) is -0.681. The van der Waals surface area contributed by atoms with Crippen LogP contribution in [-0.4, -0.2) is 31.4 Å². The molecule has 0 aliphatic heterocycles. The van der Waals surface area contributed by atoms with E-state index >= 15 is 0 Å². The molecule has 0 aromatic heterocycles. The molecule has 2 atom stereocenters. The van der Waals surface area contributed by atoms with Crippen LogP contribution in [0.3, 0.4) is 0 Å². The van der Waals surface area contributed by atoms with E-state index in [1.807, 2.05) is 0 Å². The number of nitrogens with two attached hydrogens (primary N) is 1. The minimum Gasteiger partial charge on any atom is -0.469 e. The Hall–Kier alpha value is -0.660. The normalized spacial score (nSPS) is 16.0. The van der Waals surface area contributed by atoms with Crippen LogP contribution in [0.1, 0.15) is 19.8 Å². The number of methoxy groups -OCH3 is 1. The molecule has 0 saturated heterocycles. The third-order valence-corrected chi connectivity index (χ3v) is 2.72. The van der Waals surface area contributed by atoms with Crippen LogP contribution < -0.4 is 5.73 Å². The summed E-state index contributed by atoms with van der Waals surface area (Å²) >= 11 is 0. The van der Waals surface area contributed by atoms with Crippen LogP contribution in [0.25, 0.3) is 0 Å². The lowest BCUT2D eigenvalue weighted by Gasteiger charge is -2.13. The smallest absolute Gasteiger partial charge is 0.305 e. The largest absolute Gasteiger partial charge is 0.469 e. The van der Waals surface area contributed by atoms with E-state index in [4.69, 9.17) is 10.3 Å². The fourth-order valence-electron chi connectivity index (χ4n) is 0.969. The molecule has 6 nitrogen and oxygen atoms in total. The van der Waals surface area contributed by atoms with E-state index in [1.54, 1.807) is 6.92 Å². The number of hydrogen-bond donors (Lipinski definition) is 2. The maximum absolute atomic E-state index is 10.8. The summed E-state index contributed by atoms with van der Waals surface area (Å²) in [5.41, 5.74) is 5.18. The first-order chi connectivity index (χ1) is 6.27. The average Bonchev–Trinajstić information content (AvgIpc) is 2.02. The van der Waals surface area contributed by atoms with E-state index in [0.29, 0.717) is 0 Å². The molecule has 84 valence electrons. The van der Waals surface area contributed by atoms with Gasteiger partial charge in [-0.2, -0.15) is 8.42 Å². The van der Waals surface area contributed by atoms with Crippen molar-refractivity contribution in [3.63, 3.8) is 0 Å². The maximum Gasteiger partial charge on any atom is 0.305 e. The first kappa shape index (κ1) is 13.3. The molecule has 0 aromatic rings. The molecule has 0 saturated carbocycles. The van der Waals surface area contributed by atoms with E-state index in [0.717, 1.165) is 0 Å². The summed E-state index contributed by atoms with van der Waals surface area (Å²) in [6.07, 6.45) is 0.105. The van der Waals surface area contributed by atoms with Crippen molar-refractivity contribution in [1.29, 1.82) is 0 Å². The predicted molar refractivity (Wildman–Crippen MR) is 49.9 cm³/mol. The predicted octanol–water partition coefficient (Wildman–Crippen LogP) is -0.252. The fourth-order valence-corrected chi connectivity index (χ4v) is 1.54. The van der Waals surface area contributed by atoms with Gasteiger partial charge >= 0.3 is 5.97 Å². The maximum atomic E-state index is 10.8. The van der Waals surface area contributed by atoms with E-state index in [1.165, 1.54) is 7.11 Å². The molecule has 0 spiro atoms. The minimum absolute atomic E-state index is 0.0218. The van der Waals surface area contributed by atoms with Crippen LogP contribution >= 0.6 is 0 Å². The highest BCUT2D eigenvalue weighted by Gasteiger charge is 2.22. The van der Waals surface area contributed by atoms with E-state index in [9.17, 15) is 13.2 Å². The summed E-state index contributed by atoms with van der Waals surface area (Å²) in [7, 11) is -2.97. The van der Waals surface area contributed by atoms with Crippen molar-refractivity contribution in [3.05, 3.63) is 0 Å². The van der Waals surface area contributed by atoms with Gasteiger partial charge in [0.05, 0.1) is 7.11 Å². The van der Waals surface area contributed by atoms with Gasteiger partial charge in [-0.15, -0.1) is 0 Å². The SMILES string of the molecule is COC(=O)CC(C)CC(N)S(=O)(=O)O. The van der Waals surface area contributed by atoms with Crippen LogP contribution in [0.4, 0.5) is 0 Å². The average molecular weight is 225 g/mol. The highest BCUT2D eigenvalue weighted by Crippen LogP contribution is 2.12. The first-order valence-corrected chi connectivity index (χ1v) is 5.56. The molecular weight excluding hydrogens is 210 g/mol. The fraction of sp³-hybridized carbons (Fsp3) is 0.857. The summed E-state index contributed by atoms with van der Waals surface area (Å²) in [4.78, 5) is 10.8. The Morgan fingerprint density at radius 2 is 2.07 bits per heavy atom. The van der Waals surface area contributed by atoms with Crippen molar-refractivity contribution in [2.45, 2.75) is 25.1 Å². The molecule has 0 aliphatic carbocycles. The number of esters is 1. The van der Waals surface area contributed by atoms with Crippen LogP contribution in [0.15, 0.2) is 0 Å². The molecule has 3 N–H and O–H groups in total. The molecule has 0 aliphatic rings. The first-order valence-electron chi connectivity index (χ1n) is 4.06.